The first kappa shape index (κ1) is 13.0. The second-order valence-corrected chi connectivity index (χ2v) is 5.25. The summed E-state index contributed by atoms with van der Waals surface area (Å²) in [5.41, 5.74) is 1.98. The van der Waals surface area contributed by atoms with Crippen LogP contribution in [0.1, 0.15) is 23.5 Å². The van der Waals surface area contributed by atoms with Crippen molar-refractivity contribution < 1.29 is 23.7 Å². The van der Waals surface area contributed by atoms with E-state index in [-0.39, 0.29) is 18.7 Å². The minimum Gasteiger partial charge on any atom is -0.497 e. The molecule has 4 rings (SSSR count). The summed E-state index contributed by atoms with van der Waals surface area (Å²) in [6.45, 7) is 0.194. The highest BCUT2D eigenvalue weighted by Crippen LogP contribution is 2.46. The third-order valence-electron chi connectivity index (χ3n) is 3.99. The quantitative estimate of drug-likeness (QED) is 0.630. The molecule has 0 amide bonds. The van der Waals surface area contributed by atoms with E-state index in [1.165, 1.54) is 0 Å². The van der Waals surface area contributed by atoms with Crippen LogP contribution < -0.4 is 18.9 Å². The maximum absolute atomic E-state index is 11.9. The van der Waals surface area contributed by atoms with Gasteiger partial charge in [-0.3, -0.25) is 4.79 Å². The van der Waals surface area contributed by atoms with Gasteiger partial charge in [-0.25, -0.2) is 0 Å². The van der Waals surface area contributed by atoms with Gasteiger partial charge in [-0.1, -0.05) is 12.1 Å². The first-order valence-electron chi connectivity index (χ1n) is 7.03. The van der Waals surface area contributed by atoms with E-state index in [1.54, 1.807) is 13.2 Å². The highest BCUT2D eigenvalue weighted by atomic mass is 16.7. The standard InChI is InChI=1S/C17H14O5/c1-19-11-4-2-10(3-5-11)12-7-17(18)22-14-8-16-15(6-13(12)14)20-9-21-16/h2-6,8,12H,7,9H2,1H3/t12-/m1/s1. The number of carbonyl (C=O) groups excluding carboxylic acids is 1. The van der Waals surface area contributed by atoms with Gasteiger partial charge in [-0.05, 0) is 23.8 Å². The molecule has 2 aliphatic rings. The normalized spacial score (nSPS) is 18.6. The topological polar surface area (TPSA) is 54.0 Å². The van der Waals surface area contributed by atoms with Crippen molar-refractivity contribution in [3.8, 4) is 23.0 Å². The number of esters is 1. The van der Waals surface area contributed by atoms with Crippen LogP contribution in [0.4, 0.5) is 0 Å². The predicted molar refractivity (Wildman–Crippen MR) is 77.7 cm³/mol. The average molecular weight is 298 g/mol. The minimum absolute atomic E-state index is 0.0587. The number of rotatable bonds is 2. The summed E-state index contributed by atoms with van der Waals surface area (Å²) in [6.07, 6.45) is 0.305. The molecular formula is C17H14O5. The van der Waals surface area contributed by atoms with Crippen LogP contribution in [0.2, 0.25) is 0 Å². The van der Waals surface area contributed by atoms with Gasteiger partial charge in [0.05, 0.1) is 13.5 Å². The maximum Gasteiger partial charge on any atom is 0.312 e. The van der Waals surface area contributed by atoms with Crippen LogP contribution in [-0.4, -0.2) is 19.9 Å². The Labute approximate surface area is 127 Å². The summed E-state index contributed by atoms with van der Waals surface area (Å²) in [4.78, 5) is 11.9. The monoisotopic (exact) mass is 298 g/mol. The molecule has 0 bridgehead atoms. The third-order valence-corrected chi connectivity index (χ3v) is 3.99. The van der Waals surface area contributed by atoms with Crippen LogP contribution >= 0.6 is 0 Å². The van der Waals surface area contributed by atoms with Crippen LogP contribution in [0.15, 0.2) is 36.4 Å². The van der Waals surface area contributed by atoms with Gasteiger partial charge in [-0.15, -0.1) is 0 Å². The summed E-state index contributed by atoms with van der Waals surface area (Å²) < 4.78 is 21.3. The Kier molecular flexibility index (Phi) is 2.92. The molecule has 0 radical (unpaired) electrons. The summed E-state index contributed by atoms with van der Waals surface area (Å²) in [6, 6.07) is 11.3. The Hall–Kier alpha value is -2.69. The zero-order valence-electron chi connectivity index (χ0n) is 12.0. The third kappa shape index (κ3) is 2.06. The molecule has 2 aliphatic heterocycles. The molecule has 112 valence electrons. The number of hydrogen-bond donors (Lipinski definition) is 0. The molecular weight excluding hydrogens is 284 g/mol. The highest BCUT2D eigenvalue weighted by molar-refractivity contribution is 5.78. The Bertz CT molecular complexity index is 735. The molecule has 2 heterocycles. The van der Waals surface area contributed by atoms with E-state index < -0.39 is 0 Å². The summed E-state index contributed by atoms with van der Waals surface area (Å²) >= 11 is 0. The van der Waals surface area contributed by atoms with Crippen molar-refractivity contribution in [1.29, 1.82) is 0 Å². The average Bonchev–Trinajstić information content (AvgIpc) is 2.99. The number of ether oxygens (including phenoxy) is 4. The smallest absolute Gasteiger partial charge is 0.312 e. The van der Waals surface area contributed by atoms with Crippen molar-refractivity contribution in [2.75, 3.05) is 13.9 Å². The number of carbonyl (C=O) groups is 1. The van der Waals surface area contributed by atoms with Gasteiger partial charge in [-0.2, -0.15) is 0 Å². The second kappa shape index (κ2) is 4.94. The lowest BCUT2D eigenvalue weighted by Crippen LogP contribution is -2.20. The molecule has 0 N–H and O–H groups in total. The molecule has 2 aromatic rings. The number of fused-ring (bicyclic) bond motifs is 2. The van der Waals surface area contributed by atoms with Crippen LogP contribution in [0.3, 0.4) is 0 Å². The van der Waals surface area contributed by atoms with Gasteiger partial charge in [0.2, 0.25) is 6.79 Å². The summed E-state index contributed by atoms with van der Waals surface area (Å²) in [5.74, 6) is 2.33. The Morgan fingerprint density at radius 3 is 2.50 bits per heavy atom. The van der Waals surface area contributed by atoms with Crippen molar-refractivity contribution in [2.24, 2.45) is 0 Å². The largest absolute Gasteiger partial charge is 0.497 e. The molecule has 1 atom stereocenters. The fraction of sp³-hybridized carbons (Fsp3) is 0.235. The van der Waals surface area contributed by atoms with Gasteiger partial charge in [0.25, 0.3) is 0 Å². The summed E-state index contributed by atoms with van der Waals surface area (Å²) in [7, 11) is 1.63. The first-order chi connectivity index (χ1) is 10.7. The lowest BCUT2D eigenvalue weighted by molar-refractivity contribution is -0.135. The SMILES string of the molecule is COc1ccc([C@H]2CC(=O)Oc3cc4c(cc32)OCO4)cc1. The zero-order valence-corrected chi connectivity index (χ0v) is 12.0. The molecule has 5 heteroatoms. The van der Waals surface area contributed by atoms with Gasteiger partial charge in [0, 0.05) is 17.5 Å². The first-order valence-corrected chi connectivity index (χ1v) is 7.03. The number of benzene rings is 2. The van der Waals surface area contributed by atoms with Gasteiger partial charge >= 0.3 is 5.97 Å². The highest BCUT2D eigenvalue weighted by Gasteiger charge is 2.31. The van der Waals surface area contributed by atoms with Crippen LogP contribution in [0.5, 0.6) is 23.0 Å². The van der Waals surface area contributed by atoms with E-state index in [0.717, 1.165) is 16.9 Å². The zero-order chi connectivity index (χ0) is 15.1. The molecule has 22 heavy (non-hydrogen) atoms. The molecule has 0 aliphatic carbocycles. The molecule has 0 aromatic heterocycles. The van der Waals surface area contributed by atoms with Crippen LogP contribution in [-0.2, 0) is 4.79 Å². The number of hydrogen-bond acceptors (Lipinski definition) is 5. The van der Waals surface area contributed by atoms with Gasteiger partial charge in [0.1, 0.15) is 11.5 Å². The molecule has 5 nitrogen and oxygen atoms in total. The van der Waals surface area contributed by atoms with Gasteiger partial charge < -0.3 is 18.9 Å². The molecule has 2 aromatic carbocycles. The fourth-order valence-electron chi connectivity index (χ4n) is 2.87. The van der Waals surface area contributed by atoms with E-state index >= 15 is 0 Å². The minimum atomic E-state index is -0.243. The molecule has 0 fully saturated rings. The second-order valence-electron chi connectivity index (χ2n) is 5.25. The molecule has 0 unspecified atom stereocenters. The van der Waals surface area contributed by atoms with Crippen LogP contribution in [0, 0.1) is 0 Å². The Morgan fingerprint density at radius 1 is 1.05 bits per heavy atom. The van der Waals surface area contributed by atoms with Gasteiger partial charge in [0.15, 0.2) is 11.5 Å². The van der Waals surface area contributed by atoms with Crippen molar-refractivity contribution >= 4 is 5.97 Å². The van der Waals surface area contributed by atoms with E-state index in [9.17, 15) is 4.79 Å². The molecule has 0 spiro atoms. The van der Waals surface area contributed by atoms with E-state index in [0.29, 0.717) is 23.7 Å². The van der Waals surface area contributed by atoms with Crippen molar-refractivity contribution in [3.63, 3.8) is 0 Å². The Morgan fingerprint density at radius 2 is 1.77 bits per heavy atom. The van der Waals surface area contributed by atoms with Crippen molar-refractivity contribution in [2.45, 2.75) is 12.3 Å². The van der Waals surface area contributed by atoms with E-state index in [1.807, 2.05) is 30.3 Å². The lowest BCUT2D eigenvalue weighted by atomic mass is 9.86. The maximum atomic E-state index is 11.9. The van der Waals surface area contributed by atoms with E-state index in [2.05, 4.69) is 0 Å². The molecule has 0 saturated carbocycles. The molecule has 0 saturated heterocycles. The fourth-order valence-corrected chi connectivity index (χ4v) is 2.87. The van der Waals surface area contributed by atoms with Crippen molar-refractivity contribution in [3.05, 3.63) is 47.5 Å². The predicted octanol–water partition coefficient (Wildman–Crippen LogP) is 2.86. The Balaban J connectivity index is 1.79. The van der Waals surface area contributed by atoms with Crippen molar-refractivity contribution in [1.82, 2.24) is 0 Å². The summed E-state index contributed by atoms with van der Waals surface area (Å²) in [5, 5.41) is 0. The van der Waals surface area contributed by atoms with E-state index in [4.69, 9.17) is 18.9 Å². The van der Waals surface area contributed by atoms with Crippen LogP contribution in [0.25, 0.3) is 0 Å². The number of methoxy groups -OCH3 is 1. The lowest BCUT2D eigenvalue weighted by Gasteiger charge is -2.25.